The fraction of sp³-hybridized carbons (Fsp3) is 0.324. The van der Waals surface area contributed by atoms with E-state index in [0.29, 0.717) is 13.0 Å². The number of hydrogen-bond donors (Lipinski definition) is 3. The number of hydrogen-bond acceptors (Lipinski definition) is 6. The second-order valence-electron chi connectivity index (χ2n) is 11.9. The highest BCUT2D eigenvalue weighted by Crippen LogP contribution is 2.39. The van der Waals surface area contributed by atoms with Crippen LogP contribution in [0.25, 0.3) is 11.1 Å². The van der Waals surface area contributed by atoms with Crippen molar-refractivity contribution in [3.05, 3.63) is 131 Å². The second-order valence-corrected chi connectivity index (χ2v) is 14.2. The Bertz CT molecular complexity index is 1620. The third kappa shape index (κ3) is 9.34. The molecule has 5 rings (SSSR count). The number of benzene rings is 4. The second kappa shape index (κ2) is 15.9. The van der Waals surface area contributed by atoms with Crippen LogP contribution in [-0.2, 0) is 27.4 Å². The van der Waals surface area contributed by atoms with Gasteiger partial charge in [0, 0.05) is 31.1 Å². The van der Waals surface area contributed by atoms with Crippen LogP contribution in [0, 0.1) is 0 Å². The maximum atomic E-state index is 12.0. The highest BCUT2D eigenvalue weighted by molar-refractivity contribution is 6.76. The lowest BCUT2D eigenvalue weighted by Gasteiger charge is -2.39. The van der Waals surface area contributed by atoms with E-state index in [-0.39, 0.29) is 31.4 Å². The SMILES string of the molecule is CC(C(O)c1ccccc1)N(C)CC1CC(c2ccc(CO)cc2)OC(c2cccc(-c3cccc(CNC(=O)C(Cl)(Cl)Cl)c3)c2)O1. The van der Waals surface area contributed by atoms with Gasteiger partial charge >= 0.3 is 0 Å². The molecule has 0 spiro atoms. The van der Waals surface area contributed by atoms with Crippen molar-refractivity contribution in [2.75, 3.05) is 13.6 Å². The summed E-state index contributed by atoms with van der Waals surface area (Å²) in [7, 11) is 2.00. The minimum Gasteiger partial charge on any atom is -0.392 e. The fourth-order valence-corrected chi connectivity index (χ4v) is 5.90. The van der Waals surface area contributed by atoms with Gasteiger partial charge in [0.15, 0.2) is 6.29 Å². The van der Waals surface area contributed by atoms with Crippen molar-refractivity contribution in [2.45, 2.75) is 60.9 Å². The summed E-state index contributed by atoms with van der Waals surface area (Å²) in [5.41, 5.74) is 6.31. The molecule has 3 N–H and O–H groups in total. The van der Waals surface area contributed by atoms with E-state index in [1.54, 1.807) is 0 Å². The quantitative estimate of drug-likeness (QED) is 0.141. The summed E-state index contributed by atoms with van der Waals surface area (Å²) in [6.45, 7) is 2.77. The van der Waals surface area contributed by atoms with Gasteiger partial charge in [-0.05, 0) is 59.5 Å². The normalized spacial score (nSPS) is 19.7. The first kappa shape index (κ1) is 35.3. The number of alkyl halides is 3. The summed E-state index contributed by atoms with van der Waals surface area (Å²) in [5.74, 6) is -0.689. The zero-order valence-corrected chi connectivity index (χ0v) is 28.5. The van der Waals surface area contributed by atoms with Crippen LogP contribution in [0.15, 0.2) is 103 Å². The molecule has 0 bridgehead atoms. The third-order valence-electron chi connectivity index (χ3n) is 8.53. The van der Waals surface area contributed by atoms with Gasteiger partial charge in [-0.3, -0.25) is 9.69 Å². The van der Waals surface area contributed by atoms with Crippen LogP contribution >= 0.6 is 34.8 Å². The van der Waals surface area contributed by atoms with E-state index in [0.717, 1.165) is 38.9 Å². The first-order chi connectivity index (χ1) is 22.5. The third-order valence-corrected chi connectivity index (χ3v) is 9.04. The van der Waals surface area contributed by atoms with Gasteiger partial charge < -0.3 is 25.0 Å². The van der Waals surface area contributed by atoms with E-state index in [4.69, 9.17) is 44.3 Å². The zero-order valence-electron chi connectivity index (χ0n) is 26.2. The molecule has 4 aromatic rings. The van der Waals surface area contributed by atoms with Crippen molar-refractivity contribution in [3.63, 3.8) is 0 Å². The summed E-state index contributed by atoms with van der Waals surface area (Å²) >= 11 is 17.1. The maximum absolute atomic E-state index is 12.0. The molecule has 0 saturated carbocycles. The van der Waals surface area contributed by atoms with E-state index in [2.05, 4.69) is 10.2 Å². The van der Waals surface area contributed by atoms with Gasteiger partial charge in [0.25, 0.3) is 9.70 Å². The number of rotatable bonds is 11. The van der Waals surface area contributed by atoms with Crippen LogP contribution < -0.4 is 5.32 Å². The number of halogens is 3. The number of aliphatic hydroxyl groups is 2. The fourth-order valence-electron chi connectivity index (χ4n) is 5.70. The molecule has 7 nitrogen and oxygen atoms in total. The number of ether oxygens (including phenoxy) is 2. The summed E-state index contributed by atoms with van der Waals surface area (Å²) in [6, 6.07) is 33.1. The van der Waals surface area contributed by atoms with Crippen LogP contribution in [0.4, 0.5) is 0 Å². The molecule has 0 aromatic heterocycles. The Hall–Kier alpha value is -2.98. The molecule has 1 aliphatic rings. The molecule has 0 radical (unpaired) electrons. The molecule has 47 heavy (non-hydrogen) atoms. The number of carbonyl (C=O) groups is 1. The van der Waals surface area contributed by atoms with Gasteiger partial charge in [0.2, 0.25) is 0 Å². The predicted octanol–water partition coefficient (Wildman–Crippen LogP) is 7.43. The smallest absolute Gasteiger partial charge is 0.272 e. The summed E-state index contributed by atoms with van der Waals surface area (Å²) in [5, 5.41) is 23.3. The monoisotopic (exact) mass is 696 g/mol. The highest BCUT2D eigenvalue weighted by Gasteiger charge is 2.34. The number of nitrogens with zero attached hydrogens (tertiary/aromatic N) is 1. The van der Waals surface area contributed by atoms with Gasteiger partial charge in [-0.2, -0.15) is 0 Å². The van der Waals surface area contributed by atoms with E-state index in [1.807, 2.05) is 117 Å². The Labute approximate surface area is 291 Å². The van der Waals surface area contributed by atoms with Gasteiger partial charge in [-0.15, -0.1) is 0 Å². The molecule has 1 heterocycles. The Balaban J connectivity index is 1.36. The number of nitrogens with one attached hydrogen (secondary N) is 1. The molecule has 5 atom stereocenters. The number of amides is 1. The van der Waals surface area contributed by atoms with Crippen LogP contribution in [-0.4, -0.2) is 50.6 Å². The minimum atomic E-state index is -2.03. The van der Waals surface area contributed by atoms with Crippen LogP contribution in [0.5, 0.6) is 0 Å². The van der Waals surface area contributed by atoms with Crippen LogP contribution in [0.2, 0.25) is 0 Å². The molecule has 5 unspecified atom stereocenters. The molecule has 0 aliphatic carbocycles. The lowest BCUT2D eigenvalue weighted by Crippen LogP contribution is -2.43. The highest BCUT2D eigenvalue weighted by atomic mass is 35.6. The van der Waals surface area contributed by atoms with Crippen molar-refractivity contribution in [1.82, 2.24) is 10.2 Å². The summed E-state index contributed by atoms with van der Waals surface area (Å²) < 4.78 is 11.2. The molecule has 10 heteroatoms. The average Bonchev–Trinajstić information content (AvgIpc) is 3.10. The van der Waals surface area contributed by atoms with Crippen molar-refractivity contribution >= 4 is 40.7 Å². The van der Waals surface area contributed by atoms with Crippen LogP contribution in [0.1, 0.15) is 59.7 Å². The van der Waals surface area contributed by atoms with E-state index in [1.165, 1.54) is 0 Å². The number of aliphatic hydroxyl groups excluding tert-OH is 2. The van der Waals surface area contributed by atoms with Gasteiger partial charge in [0.05, 0.1) is 24.9 Å². The number of likely N-dealkylation sites (N-methyl/N-ethyl adjacent to an activating group) is 1. The maximum Gasteiger partial charge on any atom is 0.272 e. The van der Waals surface area contributed by atoms with Crippen molar-refractivity contribution < 1.29 is 24.5 Å². The Kier molecular flexibility index (Phi) is 12.0. The Morgan fingerprint density at radius 2 is 1.57 bits per heavy atom. The van der Waals surface area contributed by atoms with Crippen LogP contribution in [0.3, 0.4) is 0 Å². The Morgan fingerprint density at radius 3 is 2.26 bits per heavy atom. The van der Waals surface area contributed by atoms with E-state index < -0.39 is 22.1 Å². The first-order valence-electron chi connectivity index (χ1n) is 15.5. The summed E-state index contributed by atoms with van der Waals surface area (Å²) in [4.78, 5) is 14.2. The summed E-state index contributed by atoms with van der Waals surface area (Å²) in [6.07, 6.45) is -1.12. The van der Waals surface area contributed by atoms with E-state index >= 15 is 0 Å². The van der Waals surface area contributed by atoms with Gasteiger partial charge in [-0.25, -0.2) is 0 Å². The molecule has 1 amide bonds. The number of carbonyl (C=O) groups excluding carboxylic acids is 1. The topological polar surface area (TPSA) is 91.3 Å². The predicted molar refractivity (Wildman–Crippen MR) is 186 cm³/mol. The van der Waals surface area contributed by atoms with Crippen molar-refractivity contribution in [2.24, 2.45) is 0 Å². The first-order valence-corrected chi connectivity index (χ1v) is 16.6. The standard InChI is InChI=1S/C37H39Cl3N2O5/c1-24(34(44)28-9-4-3-5-10-28)42(2)22-32-20-33(27-16-14-25(23-43)15-17-27)47-35(46-32)31-13-7-12-30(19-31)29-11-6-8-26(18-29)21-41-36(45)37(38,39)40/h3-19,24,32-35,43-44H,20-23H2,1-2H3,(H,41,45). The Morgan fingerprint density at radius 1 is 0.894 bits per heavy atom. The van der Waals surface area contributed by atoms with Crippen molar-refractivity contribution in [1.29, 1.82) is 0 Å². The largest absolute Gasteiger partial charge is 0.392 e. The average molecular weight is 698 g/mol. The molecular weight excluding hydrogens is 659 g/mol. The van der Waals surface area contributed by atoms with E-state index in [9.17, 15) is 15.0 Å². The van der Waals surface area contributed by atoms with Gasteiger partial charge in [0.1, 0.15) is 0 Å². The molecule has 1 fully saturated rings. The molecule has 1 saturated heterocycles. The molecular formula is C37H39Cl3N2O5. The minimum absolute atomic E-state index is 0.0279. The van der Waals surface area contributed by atoms with Crippen molar-refractivity contribution in [3.8, 4) is 11.1 Å². The molecule has 248 valence electrons. The lowest BCUT2D eigenvalue weighted by molar-refractivity contribution is -0.253. The zero-order chi connectivity index (χ0) is 33.6. The van der Waals surface area contributed by atoms with Gasteiger partial charge in [-0.1, -0.05) is 126 Å². The molecule has 1 aliphatic heterocycles. The lowest BCUT2D eigenvalue weighted by atomic mass is 9.97. The molecule has 4 aromatic carbocycles.